The zero-order valence-electron chi connectivity index (χ0n) is 12.0. The fourth-order valence-electron chi connectivity index (χ4n) is 1.76. The summed E-state index contributed by atoms with van der Waals surface area (Å²) in [5.41, 5.74) is 0.974. The molecular formula is C16H19N3O2. The number of ether oxygens (including phenoxy) is 1. The number of nitrogens with one attached hydrogen (secondary N) is 1. The van der Waals surface area contributed by atoms with E-state index in [0.717, 1.165) is 17.8 Å². The van der Waals surface area contributed by atoms with Gasteiger partial charge >= 0.3 is 6.09 Å². The molecule has 1 amide bonds. The molecule has 5 heteroatoms. The molecule has 0 aliphatic heterocycles. The lowest BCUT2D eigenvalue weighted by Gasteiger charge is -2.05. The molecule has 1 aromatic heterocycles. The van der Waals surface area contributed by atoms with Crippen LogP contribution in [-0.2, 0) is 18.4 Å². The van der Waals surface area contributed by atoms with Crippen molar-refractivity contribution < 1.29 is 9.53 Å². The largest absolute Gasteiger partial charge is 0.445 e. The van der Waals surface area contributed by atoms with E-state index < -0.39 is 6.09 Å². The number of alkyl carbamates (subject to hydrolysis) is 1. The average molecular weight is 285 g/mol. The van der Waals surface area contributed by atoms with Crippen LogP contribution in [0, 0.1) is 0 Å². The highest BCUT2D eigenvalue weighted by molar-refractivity contribution is 5.67. The zero-order valence-corrected chi connectivity index (χ0v) is 12.0. The first-order valence-corrected chi connectivity index (χ1v) is 6.84. The summed E-state index contributed by atoms with van der Waals surface area (Å²) < 4.78 is 7.04. The molecule has 1 aromatic carbocycles. The van der Waals surface area contributed by atoms with E-state index in [0.29, 0.717) is 6.54 Å². The first kappa shape index (κ1) is 14.8. The quantitative estimate of drug-likeness (QED) is 0.830. The Morgan fingerprint density at radius 1 is 1.38 bits per heavy atom. The molecule has 0 fully saturated rings. The van der Waals surface area contributed by atoms with Gasteiger partial charge in [0, 0.05) is 26.0 Å². The van der Waals surface area contributed by atoms with Gasteiger partial charge in [0.2, 0.25) is 0 Å². The maximum absolute atomic E-state index is 11.5. The van der Waals surface area contributed by atoms with Gasteiger partial charge in [-0.05, 0) is 18.1 Å². The molecule has 5 nitrogen and oxygen atoms in total. The van der Waals surface area contributed by atoms with E-state index in [1.165, 1.54) is 0 Å². The number of imidazole rings is 1. The van der Waals surface area contributed by atoms with E-state index in [1.54, 1.807) is 6.20 Å². The topological polar surface area (TPSA) is 56.2 Å². The molecule has 1 N–H and O–H groups in total. The van der Waals surface area contributed by atoms with Gasteiger partial charge in [0.05, 0.1) is 0 Å². The van der Waals surface area contributed by atoms with Crippen LogP contribution in [0.4, 0.5) is 4.79 Å². The molecule has 0 saturated carbocycles. The maximum atomic E-state index is 11.5. The summed E-state index contributed by atoms with van der Waals surface area (Å²) in [4.78, 5) is 15.7. The van der Waals surface area contributed by atoms with Crippen LogP contribution in [0.5, 0.6) is 0 Å². The summed E-state index contributed by atoms with van der Waals surface area (Å²) in [7, 11) is 1.94. The fraction of sp³-hybridized carbons (Fsp3) is 0.250. The minimum Gasteiger partial charge on any atom is -0.445 e. The van der Waals surface area contributed by atoms with Gasteiger partial charge in [-0.25, -0.2) is 9.78 Å². The summed E-state index contributed by atoms with van der Waals surface area (Å²) in [5.74, 6) is 0.890. The second-order valence-electron chi connectivity index (χ2n) is 4.58. The highest BCUT2D eigenvalue weighted by Crippen LogP contribution is 2.01. The fourth-order valence-corrected chi connectivity index (χ4v) is 1.76. The third-order valence-corrected chi connectivity index (χ3v) is 2.92. The van der Waals surface area contributed by atoms with Crippen LogP contribution < -0.4 is 5.32 Å². The van der Waals surface area contributed by atoms with Crippen LogP contribution in [0.15, 0.2) is 48.8 Å². The normalized spacial score (nSPS) is 10.7. The van der Waals surface area contributed by atoms with E-state index in [1.807, 2.05) is 60.3 Å². The molecule has 2 rings (SSSR count). The van der Waals surface area contributed by atoms with Crippen LogP contribution in [-0.4, -0.2) is 22.2 Å². The molecule has 110 valence electrons. The Bertz CT molecular complexity index is 591. The van der Waals surface area contributed by atoms with Gasteiger partial charge in [-0.2, -0.15) is 0 Å². The van der Waals surface area contributed by atoms with E-state index in [-0.39, 0.29) is 6.61 Å². The third-order valence-electron chi connectivity index (χ3n) is 2.92. The van der Waals surface area contributed by atoms with Crippen molar-refractivity contribution in [3.8, 4) is 0 Å². The van der Waals surface area contributed by atoms with Gasteiger partial charge in [-0.1, -0.05) is 36.4 Å². The Hall–Kier alpha value is -2.56. The number of carbonyl (C=O) groups is 1. The second-order valence-corrected chi connectivity index (χ2v) is 4.58. The third kappa shape index (κ3) is 5.14. The van der Waals surface area contributed by atoms with Gasteiger partial charge in [0.25, 0.3) is 0 Å². The standard InChI is InChI=1S/C16H19N3O2/c1-19-12-11-17-15(19)9-5-6-10-18-16(20)21-13-14-7-3-2-4-8-14/h2-5,7-9,11-12H,6,10,13H2,1H3,(H,18,20). The zero-order chi connectivity index (χ0) is 14.9. The van der Waals surface area contributed by atoms with Crippen molar-refractivity contribution in [1.29, 1.82) is 0 Å². The first-order chi connectivity index (χ1) is 10.3. The number of aromatic nitrogens is 2. The molecule has 21 heavy (non-hydrogen) atoms. The van der Waals surface area contributed by atoms with Crippen molar-refractivity contribution in [3.63, 3.8) is 0 Å². The van der Waals surface area contributed by atoms with Crippen molar-refractivity contribution in [2.24, 2.45) is 7.05 Å². The van der Waals surface area contributed by atoms with E-state index >= 15 is 0 Å². The average Bonchev–Trinajstić information content (AvgIpc) is 2.91. The molecule has 0 unspecified atom stereocenters. The Labute approximate surface area is 124 Å². The number of nitrogens with zero attached hydrogens (tertiary/aromatic N) is 2. The van der Waals surface area contributed by atoms with Crippen LogP contribution in [0.2, 0.25) is 0 Å². The Kier molecular flexibility index (Phi) is 5.58. The van der Waals surface area contributed by atoms with Crippen molar-refractivity contribution >= 4 is 12.2 Å². The van der Waals surface area contributed by atoms with E-state index in [4.69, 9.17) is 4.74 Å². The van der Waals surface area contributed by atoms with Gasteiger partial charge in [0.1, 0.15) is 12.4 Å². The first-order valence-electron chi connectivity index (χ1n) is 6.84. The second kappa shape index (κ2) is 7.89. The smallest absolute Gasteiger partial charge is 0.407 e. The summed E-state index contributed by atoms with van der Waals surface area (Å²) in [6, 6.07) is 9.60. The summed E-state index contributed by atoms with van der Waals surface area (Å²) in [5, 5.41) is 2.71. The Morgan fingerprint density at radius 3 is 2.90 bits per heavy atom. The number of rotatable bonds is 6. The number of aryl methyl sites for hydroxylation is 1. The van der Waals surface area contributed by atoms with Gasteiger partial charge in [-0.15, -0.1) is 0 Å². The lowest BCUT2D eigenvalue weighted by molar-refractivity contribution is 0.140. The van der Waals surface area contributed by atoms with Crippen molar-refractivity contribution in [1.82, 2.24) is 14.9 Å². The predicted molar refractivity (Wildman–Crippen MR) is 81.5 cm³/mol. The summed E-state index contributed by atoms with van der Waals surface area (Å²) in [6.45, 7) is 0.824. The Balaban J connectivity index is 1.61. The molecule has 2 aromatic rings. The van der Waals surface area contributed by atoms with Gasteiger partial charge in [0.15, 0.2) is 0 Å². The van der Waals surface area contributed by atoms with Gasteiger partial charge < -0.3 is 14.6 Å². The highest BCUT2D eigenvalue weighted by Gasteiger charge is 2.00. The highest BCUT2D eigenvalue weighted by atomic mass is 16.5. The summed E-state index contributed by atoms with van der Waals surface area (Å²) in [6.07, 6.45) is 7.87. The molecule has 1 heterocycles. The predicted octanol–water partition coefficient (Wildman–Crippen LogP) is 2.75. The minimum absolute atomic E-state index is 0.287. The number of hydrogen-bond acceptors (Lipinski definition) is 3. The molecule has 0 aliphatic rings. The monoisotopic (exact) mass is 285 g/mol. The van der Waals surface area contributed by atoms with Crippen LogP contribution >= 0.6 is 0 Å². The minimum atomic E-state index is -0.399. The van der Waals surface area contributed by atoms with E-state index in [2.05, 4.69) is 10.3 Å². The molecule has 0 aliphatic carbocycles. The number of benzene rings is 1. The molecule has 0 saturated heterocycles. The van der Waals surface area contributed by atoms with Crippen molar-refractivity contribution in [2.75, 3.05) is 6.54 Å². The van der Waals surface area contributed by atoms with Crippen LogP contribution in [0.25, 0.3) is 6.08 Å². The number of carbonyl (C=O) groups excluding carboxylic acids is 1. The Morgan fingerprint density at radius 2 is 2.19 bits per heavy atom. The lowest BCUT2D eigenvalue weighted by Crippen LogP contribution is -2.24. The van der Waals surface area contributed by atoms with Crippen molar-refractivity contribution in [2.45, 2.75) is 13.0 Å². The number of amides is 1. The van der Waals surface area contributed by atoms with Crippen molar-refractivity contribution in [3.05, 3.63) is 60.2 Å². The SMILES string of the molecule is Cn1ccnc1C=CCCNC(=O)OCc1ccccc1. The van der Waals surface area contributed by atoms with Gasteiger partial charge in [-0.3, -0.25) is 0 Å². The van der Waals surface area contributed by atoms with Crippen LogP contribution in [0.3, 0.4) is 0 Å². The van der Waals surface area contributed by atoms with Crippen LogP contribution in [0.1, 0.15) is 17.8 Å². The molecule has 0 atom stereocenters. The summed E-state index contributed by atoms with van der Waals surface area (Å²) >= 11 is 0. The molecule has 0 bridgehead atoms. The molecular weight excluding hydrogens is 266 g/mol. The maximum Gasteiger partial charge on any atom is 0.407 e. The van der Waals surface area contributed by atoms with E-state index in [9.17, 15) is 4.79 Å². The number of hydrogen-bond donors (Lipinski definition) is 1. The molecule has 0 spiro atoms. The molecule has 0 radical (unpaired) electrons. The lowest BCUT2D eigenvalue weighted by atomic mass is 10.2.